The van der Waals surface area contributed by atoms with Crippen LogP contribution >= 0.6 is 15.9 Å². The highest BCUT2D eigenvalue weighted by atomic mass is 79.9. The van der Waals surface area contributed by atoms with Gasteiger partial charge in [-0.2, -0.15) is 0 Å². The minimum atomic E-state index is -0.369. The number of anilines is 1. The maximum Gasteiger partial charge on any atom is 0.291 e. The van der Waals surface area contributed by atoms with Crippen LogP contribution in [0.25, 0.3) is 0 Å². The number of hydrogen-bond donors (Lipinski definition) is 1. The Morgan fingerprint density at radius 3 is 2.47 bits per heavy atom. The van der Waals surface area contributed by atoms with Crippen LogP contribution in [-0.4, -0.2) is 23.3 Å². The van der Waals surface area contributed by atoms with Gasteiger partial charge in [0.2, 0.25) is 5.91 Å². The summed E-state index contributed by atoms with van der Waals surface area (Å²) in [4.78, 5) is 26.4. The fourth-order valence-electron chi connectivity index (χ4n) is 2.86. The van der Waals surface area contributed by atoms with E-state index >= 15 is 0 Å². The van der Waals surface area contributed by atoms with Gasteiger partial charge < -0.3 is 14.6 Å². The van der Waals surface area contributed by atoms with E-state index in [-0.39, 0.29) is 36.4 Å². The van der Waals surface area contributed by atoms with Gasteiger partial charge in [-0.15, -0.1) is 6.58 Å². The minimum Gasteiger partial charge on any atom is -0.444 e. The summed E-state index contributed by atoms with van der Waals surface area (Å²) in [5, 5.41) is 2.73. The Labute approximate surface area is 182 Å². The smallest absolute Gasteiger partial charge is 0.291 e. The molecular weight excluding hydrogens is 451 g/mol. The first kappa shape index (κ1) is 21.5. The molecule has 0 fully saturated rings. The van der Waals surface area contributed by atoms with Crippen molar-refractivity contribution in [2.75, 3.05) is 11.9 Å². The van der Waals surface area contributed by atoms with Gasteiger partial charge in [-0.05, 0) is 51.8 Å². The van der Waals surface area contributed by atoms with Gasteiger partial charge in [0.25, 0.3) is 5.91 Å². The quantitative estimate of drug-likeness (QED) is 0.460. The number of furan rings is 1. The highest BCUT2D eigenvalue weighted by Gasteiger charge is 2.16. The summed E-state index contributed by atoms with van der Waals surface area (Å²) < 4.78 is 19.6. The molecule has 2 aromatic carbocycles. The first-order chi connectivity index (χ1) is 14.5. The molecule has 154 valence electrons. The molecular formula is C23H20BrFN2O3. The Balaban J connectivity index is 1.62. The van der Waals surface area contributed by atoms with Gasteiger partial charge in [-0.1, -0.05) is 36.4 Å². The molecule has 0 saturated heterocycles. The molecule has 5 nitrogen and oxygen atoms in total. The largest absolute Gasteiger partial charge is 0.444 e. The number of nitrogens with one attached hydrogen (secondary N) is 1. The number of benzene rings is 2. The van der Waals surface area contributed by atoms with Crippen LogP contribution in [0.5, 0.6) is 0 Å². The molecule has 7 heteroatoms. The molecule has 0 spiro atoms. The predicted molar refractivity (Wildman–Crippen MR) is 117 cm³/mol. The number of rotatable bonds is 8. The maximum absolute atomic E-state index is 13.9. The fourth-order valence-corrected chi connectivity index (χ4v) is 3.17. The van der Waals surface area contributed by atoms with Crippen molar-refractivity contribution in [3.8, 4) is 0 Å². The van der Waals surface area contributed by atoms with Crippen molar-refractivity contribution in [1.82, 2.24) is 4.90 Å². The summed E-state index contributed by atoms with van der Waals surface area (Å²) >= 11 is 3.16. The van der Waals surface area contributed by atoms with Crippen molar-refractivity contribution in [3.63, 3.8) is 0 Å². The Morgan fingerprint density at radius 2 is 1.83 bits per heavy atom. The lowest BCUT2D eigenvalue weighted by atomic mass is 10.1. The van der Waals surface area contributed by atoms with Gasteiger partial charge in [-0.25, -0.2) is 4.39 Å². The van der Waals surface area contributed by atoms with Gasteiger partial charge in [0.1, 0.15) is 5.82 Å². The standard InChI is InChI=1S/C23H20BrFN2O3/c1-2-13-27(15-17-5-3-4-6-19(17)25)22(28)14-16-7-9-18(10-8-16)26-23(29)20-11-12-21(24)30-20/h2-12H,1,13-15H2,(H,26,29). The monoisotopic (exact) mass is 470 g/mol. The number of halogens is 2. The molecule has 1 aromatic heterocycles. The van der Waals surface area contributed by atoms with Crippen LogP contribution in [0.1, 0.15) is 21.7 Å². The summed E-state index contributed by atoms with van der Waals surface area (Å²) in [6.45, 7) is 4.17. The van der Waals surface area contributed by atoms with E-state index in [0.717, 1.165) is 5.56 Å². The second-order valence-electron chi connectivity index (χ2n) is 6.59. The van der Waals surface area contributed by atoms with E-state index in [9.17, 15) is 14.0 Å². The number of carbonyl (C=O) groups is 2. The molecule has 0 aliphatic heterocycles. The molecule has 0 aliphatic rings. The molecule has 0 saturated carbocycles. The minimum absolute atomic E-state index is 0.143. The van der Waals surface area contributed by atoms with Gasteiger partial charge in [-0.3, -0.25) is 9.59 Å². The highest BCUT2D eigenvalue weighted by molar-refractivity contribution is 9.10. The predicted octanol–water partition coefficient (Wildman–Crippen LogP) is 5.19. The Kier molecular flexibility index (Phi) is 7.19. The number of carbonyl (C=O) groups excluding carboxylic acids is 2. The zero-order valence-electron chi connectivity index (χ0n) is 16.1. The first-order valence-electron chi connectivity index (χ1n) is 9.24. The zero-order chi connectivity index (χ0) is 21.5. The third kappa shape index (κ3) is 5.67. The fraction of sp³-hybridized carbons (Fsp3) is 0.130. The van der Waals surface area contributed by atoms with Crippen molar-refractivity contribution < 1.29 is 18.4 Å². The average molecular weight is 471 g/mol. The van der Waals surface area contributed by atoms with Crippen molar-refractivity contribution >= 4 is 33.4 Å². The number of amides is 2. The van der Waals surface area contributed by atoms with Crippen LogP contribution in [-0.2, 0) is 17.8 Å². The summed E-state index contributed by atoms with van der Waals surface area (Å²) in [5.74, 6) is -0.667. The second-order valence-corrected chi connectivity index (χ2v) is 7.37. The van der Waals surface area contributed by atoms with Crippen molar-refractivity contribution in [3.05, 3.63) is 101 Å². The van der Waals surface area contributed by atoms with E-state index in [4.69, 9.17) is 4.42 Å². The van der Waals surface area contributed by atoms with Crippen LogP contribution in [0.15, 0.2) is 82.4 Å². The van der Waals surface area contributed by atoms with E-state index < -0.39 is 0 Å². The highest BCUT2D eigenvalue weighted by Crippen LogP contribution is 2.17. The third-order valence-corrected chi connectivity index (χ3v) is 4.81. The van der Waals surface area contributed by atoms with E-state index in [1.54, 1.807) is 65.6 Å². The van der Waals surface area contributed by atoms with Crippen molar-refractivity contribution in [2.24, 2.45) is 0 Å². The molecule has 3 rings (SSSR count). The lowest BCUT2D eigenvalue weighted by Gasteiger charge is -2.21. The zero-order valence-corrected chi connectivity index (χ0v) is 17.7. The molecule has 3 aromatic rings. The Hall–Kier alpha value is -3.19. The van der Waals surface area contributed by atoms with Gasteiger partial charge in [0.15, 0.2) is 10.4 Å². The van der Waals surface area contributed by atoms with Gasteiger partial charge in [0, 0.05) is 24.3 Å². The first-order valence-corrected chi connectivity index (χ1v) is 10.0. The lowest BCUT2D eigenvalue weighted by Crippen LogP contribution is -2.32. The summed E-state index contributed by atoms with van der Waals surface area (Å²) in [6.07, 6.45) is 1.77. The van der Waals surface area contributed by atoms with Crippen molar-refractivity contribution in [1.29, 1.82) is 0 Å². The van der Waals surface area contributed by atoms with Gasteiger partial charge in [0.05, 0.1) is 6.42 Å². The van der Waals surface area contributed by atoms with E-state index in [2.05, 4.69) is 27.8 Å². The van der Waals surface area contributed by atoms with Crippen LogP contribution in [0.2, 0.25) is 0 Å². The average Bonchev–Trinajstić information content (AvgIpc) is 3.17. The molecule has 0 bridgehead atoms. The van der Waals surface area contributed by atoms with Gasteiger partial charge >= 0.3 is 0 Å². The molecule has 0 atom stereocenters. The van der Waals surface area contributed by atoms with Crippen LogP contribution in [0.3, 0.4) is 0 Å². The van der Waals surface area contributed by atoms with E-state index in [0.29, 0.717) is 22.5 Å². The molecule has 0 unspecified atom stereocenters. The SMILES string of the molecule is C=CCN(Cc1ccccc1F)C(=O)Cc1ccc(NC(=O)c2ccc(Br)o2)cc1. The third-order valence-electron chi connectivity index (χ3n) is 4.39. The van der Waals surface area contributed by atoms with Crippen molar-refractivity contribution in [2.45, 2.75) is 13.0 Å². The molecule has 0 aliphatic carbocycles. The Bertz CT molecular complexity index is 1050. The van der Waals surface area contributed by atoms with E-state index in [1.807, 2.05) is 0 Å². The Morgan fingerprint density at radius 1 is 1.10 bits per heavy atom. The summed E-state index contributed by atoms with van der Waals surface area (Å²) in [7, 11) is 0. The molecule has 1 heterocycles. The van der Waals surface area contributed by atoms with Crippen LogP contribution in [0.4, 0.5) is 10.1 Å². The molecule has 2 amide bonds. The van der Waals surface area contributed by atoms with Crippen LogP contribution < -0.4 is 5.32 Å². The molecule has 1 N–H and O–H groups in total. The maximum atomic E-state index is 13.9. The number of nitrogens with zero attached hydrogens (tertiary/aromatic N) is 1. The molecule has 30 heavy (non-hydrogen) atoms. The molecule has 0 radical (unpaired) electrons. The normalized spacial score (nSPS) is 10.5. The van der Waals surface area contributed by atoms with E-state index in [1.165, 1.54) is 6.07 Å². The summed E-state index contributed by atoms with van der Waals surface area (Å²) in [5.41, 5.74) is 1.81. The summed E-state index contributed by atoms with van der Waals surface area (Å²) in [6, 6.07) is 16.6. The number of hydrogen-bond acceptors (Lipinski definition) is 3. The topological polar surface area (TPSA) is 62.6 Å². The lowest BCUT2D eigenvalue weighted by molar-refractivity contribution is -0.130. The second kappa shape index (κ2) is 10.0. The van der Waals surface area contributed by atoms with Crippen LogP contribution in [0, 0.1) is 5.82 Å².